The number of aromatic nitrogens is 2. The number of carbonyl (C=O) groups is 2. The van der Waals surface area contributed by atoms with E-state index < -0.39 is 17.9 Å². The predicted octanol–water partition coefficient (Wildman–Crippen LogP) is 1.09. The fraction of sp³-hybridized carbons (Fsp3) is 0.545. The smallest absolute Gasteiger partial charge is 0.326 e. The third kappa shape index (κ3) is 3.90. The van der Waals surface area contributed by atoms with Crippen molar-refractivity contribution in [1.29, 1.82) is 0 Å². The van der Waals surface area contributed by atoms with Gasteiger partial charge in [0.1, 0.15) is 17.6 Å². The van der Waals surface area contributed by atoms with Gasteiger partial charge < -0.3 is 15.4 Å². The molecule has 0 spiro atoms. The number of rotatable bonds is 6. The van der Waals surface area contributed by atoms with E-state index >= 15 is 0 Å². The Morgan fingerprint density at radius 3 is 2.76 bits per heavy atom. The number of carbonyl (C=O) groups excluding carboxylic acids is 1. The van der Waals surface area contributed by atoms with Crippen LogP contribution in [0.4, 0.5) is 0 Å². The topological polar surface area (TPSA) is 95.1 Å². The molecule has 1 rings (SSSR count). The molecule has 0 aliphatic rings. The molecule has 0 saturated heterocycles. The highest BCUT2D eigenvalue weighted by Crippen LogP contribution is 2.03. The summed E-state index contributed by atoms with van der Waals surface area (Å²) in [7, 11) is 0. The van der Waals surface area contributed by atoms with E-state index in [1.807, 2.05) is 6.92 Å². The van der Waals surface area contributed by atoms with Gasteiger partial charge in [0.2, 0.25) is 0 Å². The standard InChI is InChI=1S/C11H17N3O3/c1-3-4-5-8(11(16)17)14-10(15)9-6-12-7(2)13-9/h6,8H,3-5H2,1-2H3,(H,12,13)(H,14,15)(H,16,17). The van der Waals surface area contributed by atoms with Gasteiger partial charge in [0.25, 0.3) is 5.91 Å². The van der Waals surface area contributed by atoms with E-state index in [2.05, 4.69) is 15.3 Å². The molecule has 3 N–H and O–H groups in total. The van der Waals surface area contributed by atoms with E-state index in [1.165, 1.54) is 6.20 Å². The first-order valence-electron chi connectivity index (χ1n) is 5.60. The maximum atomic E-state index is 11.7. The third-order valence-corrected chi connectivity index (χ3v) is 2.40. The van der Waals surface area contributed by atoms with Crippen LogP contribution < -0.4 is 5.32 Å². The number of carboxylic acid groups (broad SMARTS) is 1. The Labute approximate surface area is 99.4 Å². The number of hydrogen-bond donors (Lipinski definition) is 3. The van der Waals surface area contributed by atoms with Crippen molar-refractivity contribution in [2.24, 2.45) is 0 Å². The van der Waals surface area contributed by atoms with Crippen molar-refractivity contribution < 1.29 is 14.7 Å². The van der Waals surface area contributed by atoms with Gasteiger partial charge >= 0.3 is 5.97 Å². The summed E-state index contributed by atoms with van der Waals surface area (Å²) >= 11 is 0. The lowest BCUT2D eigenvalue weighted by Gasteiger charge is -2.13. The van der Waals surface area contributed by atoms with Gasteiger partial charge in [-0.3, -0.25) is 4.79 Å². The summed E-state index contributed by atoms with van der Waals surface area (Å²) < 4.78 is 0. The summed E-state index contributed by atoms with van der Waals surface area (Å²) in [5, 5.41) is 11.4. The maximum Gasteiger partial charge on any atom is 0.326 e. The predicted molar refractivity (Wildman–Crippen MR) is 61.7 cm³/mol. The summed E-state index contributed by atoms with van der Waals surface area (Å²) in [5.74, 6) is -0.826. The average molecular weight is 239 g/mol. The highest BCUT2D eigenvalue weighted by Gasteiger charge is 2.20. The Morgan fingerprint density at radius 2 is 2.29 bits per heavy atom. The molecule has 1 aromatic rings. The van der Waals surface area contributed by atoms with Gasteiger partial charge in [0.05, 0.1) is 6.20 Å². The number of aliphatic carboxylic acids is 1. The van der Waals surface area contributed by atoms with Crippen LogP contribution in [0, 0.1) is 6.92 Å². The maximum absolute atomic E-state index is 11.7. The van der Waals surface area contributed by atoms with Crippen molar-refractivity contribution in [1.82, 2.24) is 15.3 Å². The summed E-state index contributed by atoms with van der Waals surface area (Å²) in [5.41, 5.74) is 0.283. The zero-order chi connectivity index (χ0) is 12.8. The molecule has 17 heavy (non-hydrogen) atoms. The van der Waals surface area contributed by atoms with Crippen LogP contribution >= 0.6 is 0 Å². The zero-order valence-corrected chi connectivity index (χ0v) is 9.99. The van der Waals surface area contributed by atoms with Crippen molar-refractivity contribution in [2.75, 3.05) is 0 Å². The van der Waals surface area contributed by atoms with E-state index in [-0.39, 0.29) is 5.69 Å². The fourth-order valence-corrected chi connectivity index (χ4v) is 1.44. The van der Waals surface area contributed by atoms with Crippen LogP contribution in [-0.4, -0.2) is 33.0 Å². The van der Waals surface area contributed by atoms with Gasteiger partial charge in [-0.1, -0.05) is 19.8 Å². The Kier molecular flexibility index (Phi) is 4.68. The zero-order valence-electron chi connectivity index (χ0n) is 9.99. The molecular formula is C11H17N3O3. The van der Waals surface area contributed by atoms with E-state index in [1.54, 1.807) is 6.92 Å². The molecule has 0 aromatic carbocycles. The van der Waals surface area contributed by atoms with Gasteiger partial charge in [-0.25, -0.2) is 9.78 Å². The van der Waals surface area contributed by atoms with Gasteiger partial charge in [-0.15, -0.1) is 0 Å². The normalized spacial score (nSPS) is 12.1. The Morgan fingerprint density at radius 1 is 1.59 bits per heavy atom. The molecule has 1 aromatic heterocycles. The molecule has 0 radical (unpaired) electrons. The number of hydrogen-bond acceptors (Lipinski definition) is 3. The Balaban J connectivity index is 2.60. The molecule has 0 aliphatic carbocycles. The largest absolute Gasteiger partial charge is 0.480 e. The summed E-state index contributed by atoms with van der Waals surface area (Å²) in [6.07, 6.45) is 3.48. The van der Waals surface area contributed by atoms with E-state index in [4.69, 9.17) is 5.11 Å². The second-order valence-corrected chi connectivity index (χ2v) is 3.89. The van der Waals surface area contributed by atoms with E-state index in [0.29, 0.717) is 12.2 Å². The number of amides is 1. The van der Waals surface area contributed by atoms with Gasteiger partial charge in [0.15, 0.2) is 0 Å². The first-order chi connectivity index (χ1) is 8.04. The van der Waals surface area contributed by atoms with Crippen LogP contribution in [-0.2, 0) is 4.79 Å². The molecule has 0 saturated carbocycles. The number of aromatic amines is 1. The summed E-state index contributed by atoms with van der Waals surface area (Å²) in [6.45, 7) is 3.70. The monoisotopic (exact) mass is 239 g/mol. The van der Waals surface area contributed by atoms with Crippen molar-refractivity contribution in [3.8, 4) is 0 Å². The minimum Gasteiger partial charge on any atom is -0.480 e. The van der Waals surface area contributed by atoms with Gasteiger partial charge in [-0.2, -0.15) is 0 Å². The van der Waals surface area contributed by atoms with Crippen LogP contribution in [0.3, 0.4) is 0 Å². The second kappa shape index (κ2) is 6.03. The molecule has 94 valence electrons. The molecule has 0 bridgehead atoms. The first-order valence-corrected chi connectivity index (χ1v) is 5.60. The molecule has 0 fully saturated rings. The third-order valence-electron chi connectivity index (χ3n) is 2.40. The fourth-order valence-electron chi connectivity index (χ4n) is 1.44. The van der Waals surface area contributed by atoms with E-state index in [0.717, 1.165) is 12.8 Å². The van der Waals surface area contributed by atoms with Crippen LogP contribution in [0.1, 0.15) is 42.5 Å². The second-order valence-electron chi connectivity index (χ2n) is 3.89. The lowest BCUT2D eigenvalue weighted by molar-refractivity contribution is -0.139. The average Bonchev–Trinajstić information content (AvgIpc) is 2.70. The van der Waals surface area contributed by atoms with Crippen LogP contribution in [0.5, 0.6) is 0 Å². The lowest BCUT2D eigenvalue weighted by atomic mass is 10.1. The molecule has 1 heterocycles. The Hall–Kier alpha value is -1.85. The summed E-state index contributed by atoms with van der Waals surface area (Å²) in [6, 6.07) is -0.842. The molecule has 0 aliphatic heterocycles. The molecule has 6 nitrogen and oxygen atoms in total. The Bertz CT molecular complexity index is 400. The molecule has 1 unspecified atom stereocenters. The van der Waals surface area contributed by atoms with Crippen LogP contribution in [0.25, 0.3) is 0 Å². The summed E-state index contributed by atoms with van der Waals surface area (Å²) in [4.78, 5) is 29.3. The number of nitrogens with one attached hydrogen (secondary N) is 2. The highest BCUT2D eigenvalue weighted by atomic mass is 16.4. The highest BCUT2D eigenvalue weighted by molar-refractivity contribution is 5.94. The van der Waals surface area contributed by atoms with Crippen molar-refractivity contribution in [3.05, 3.63) is 17.7 Å². The number of carboxylic acids is 1. The minimum absolute atomic E-state index is 0.283. The quantitative estimate of drug-likeness (QED) is 0.692. The minimum atomic E-state index is -1.01. The number of nitrogens with zero attached hydrogens (tertiary/aromatic N) is 1. The number of unbranched alkanes of at least 4 members (excludes halogenated alkanes) is 1. The number of H-pyrrole nitrogens is 1. The molecule has 1 atom stereocenters. The number of imidazole rings is 1. The van der Waals surface area contributed by atoms with Crippen LogP contribution in [0.2, 0.25) is 0 Å². The SMILES string of the molecule is CCCCC(NC(=O)c1cnc(C)[nH]1)C(=O)O. The van der Waals surface area contributed by atoms with Crippen molar-refractivity contribution >= 4 is 11.9 Å². The van der Waals surface area contributed by atoms with E-state index in [9.17, 15) is 9.59 Å². The molecule has 1 amide bonds. The lowest BCUT2D eigenvalue weighted by Crippen LogP contribution is -2.40. The number of aryl methyl sites for hydroxylation is 1. The molecular weight excluding hydrogens is 222 g/mol. The van der Waals surface area contributed by atoms with Crippen molar-refractivity contribution in [3.63, 3.8) is 0 Å². The van der Waals surface area contributed by atoms with Crippen LogP contribution in [0.15, 0.2) is 6.20 Å². The molecule has 6 heteroatoms. The van der Waals surface area contributed by atoms with Gasteiger partial charge in [0, 0.05) is 0 Å². The van der Waals surface area contributed by atoms with Gasteiger partial charge in [-0.05, 0) is 13.3 Å². The first kappa shape index (κ1) is 13.2. The van der Waals surface area contributed by atoms with Crippen molar-refractivity contribution in [2.45, 2.75) is 39.2 Å².